The monoisotopic (exact) mass is 359 g/mol. The SMILES string of the molecule is Cc1nnsc1C(=O)N1CC[C@@H]2OCCN(Cc3ccncc3)[C@H]2C1. The summed E-state index contributed by atoms with van der Waals surface area (Å²) in [6.45, 7) is 5.73. The Balaban J connectivity index is 1.49. The average molecular weight is 359 g/mol. The van der Waals surface area contributed by atoms with Gasteiger partial charge < -0.3 is 9.64 Å². The molecule has 25 heavy (non-hydrogen) atoms. The summed E-state index contributed by atoms with van der Waals surface area (Å²) in [7, 11) is 0. The zero-order chi connectivity index (χ0) is 17.2. The van der Waals surface area contributed by atoms with Gasteiger partial charge in [-0.1, -0.05) is 4.49 Å². The van der Waals surface area contributed by atoms with Crippen LogP contribution in [0.25, 0.3) is 0 Å². The van der Waals surface area contributed by atoms with Gasteiger partial charge in [-0.3, -0.25) is 14.7 Å². The van der Waals surface area contributed by atoms with E-state index in [-0.39, 0.29) is 18.1 Å². The fourth-order valence-electron chi connectivity index (χ4n) is 3.62. The van der Waals surface area contributed by atoms with Crippen molar-refractivity contribution in [2.45, 2.75) is 32.0 Å². The lowest BCUT2D eigenvalue weighted by Crippen LogP contribution is -2.60. The minimum Gasteiger partial charge on any atom is -0.375 e. The Morgan fingerprint density at radius 3 is 2.96 bits per heavy atom. The molecule has 2 aromatic heterocycles. The number of carbonyl (C=O) groups excluding carboxylic acids is 1. The summed E-state index contributed by atoms with van der Waals surface area (Å²) in [6, 6.07) is 4.31. The molecule has 8 heteroatoms. The fourth-order valence-corrected chi connectivity index (χ4v) is 4.24. The number of pyridine rings is 1. The maximum absolute atomic E-state index is 12.8. The highest BCUT2D eigenvalue weighted by Gasteiger charge is 2.39. The van der Waals surface area contributed by atoms with Crippen LogP contribution in [0.2, 0.25) is 0 Å². The van der Waals surface area contributed by atoms with Crippen molar-refractivity contribution in [3.63, 3.8) is 0 Å². The Morgan fingerprint density at radius 1 is 1.36 bits per heavy atom. The van der Waals surface area contributed by atoms with Crippen molar-refractivity contribution in [2.24, 2.45) is 0 Å². The first-order valence-electron chi connectivity index (χ1n) is 8.55. The minimum atomic E-state index is 0.0420. The number of aromatic nitrogens is 3. The Morgan fingerprint density at radius 2 is 2.20 bits per heavy atom. The molecule has 0 bridgehead atoms. The topological polar surface area (TPSA) is 71.5 Å². The van der Waals surface area contributed by atoms with Gasteiger partial charge in [0.15, 0.2) is 0 Å². The molecule has 2 aliphatic rings. The molecule has 132 valence electrons. The molecule has 4 heterocycles. The molecule has 0 radical (unpaired) electrons. The van der Waals surface area contributed by atoms with Gasteiger partial charge >= 0.3 is 0 Å². The summed E-state index contributed by atoms with van der Waals surface area (Å²) < 4.78 is 9.87. The Hall–Kier alpha value is -1.90. The van der Waals surface area contributed by atoms with E-state index >= 15 is 0 Å². The largest absolute Gasteiger partial charge is 0.375 e. The lowest BCUT2D eigenvalue weighted by atomic mass is 9.98. The van der Waals surface area contributed by atoms with Crippen LogP contribution in [0.1, 0.15) is 27.3 Å². The molecule has 0 spiro atoms. The van der Waals surface area contributed by atoms with Crippen LogP contribution in [-0.2, 0) is 11.3 Å². The Labute approximate surface area is 150 Å². The van der Waals surface area contributed by atoms with Gasteiger partial charge in [-0.2, -0.15) is 0 Å². The van der Waals surface area contributed by atoms with Crippen LogP contribution in [0.5, 0.6) is 0 Å². The van der Waals surface area contributed by atoms with Crippen LogP contribution in [-0.4, -0.2) is 68.7 Å². The molecule has 4 rings (SSSR count). The summed E-state index contributed by atoms with van der Waals surface area (Å²) in [4.78, 5) is 21.9. The molecule has 2 aliphatic heterocycles. The van der Waals surface area contributed by atoms with Crippen molar-refractivity contribution in [2.75, 3.05) is 26.2 Å². The zero-order valence-electron chi connectivity index (χ0n) is 14.2. The van der Waals surface area contributed by atoms with Gasteiger partial charge in [0.25, 0.3) is 5.91 Å². The van der Waals surface area contributed by atoms with Crippen molar-refractivity contribution in [1.82, 2.24) is 24.4 Å². The summed E-state index contributed by atoms with van der Waals surface area (Å²) >= 11 is 1.18. The molecule has 0 unspecified atom stereocenters. The third kappa shape index (κ3) is 3.42. The highest BCUT2D eigenvalue weighted by Crippen LogP contribution is 2.26. The standard InChI is InChI=1S/C17H21N5O2S/c1-12-16(25-20-19-12)17(23)22-7-4-15-14(11-22)21(8-9-24-15)10-13-2-5-18-6-3-13/h2-3,5-6,14-15H,4,7-11H2,1H3/t14-,15-/m0/s1. The molecule has 0 aromatic carbocycles. The summed E-state index contributed by atoms with van der Waals surface area (Å²) in [5.74, 6) is 0.0420. The first-order chi connectivity index (χ1) is 12.2. The second-order valence-corrected chi connectivity index (χ2v) is 7.28. The third-order valence-corrected chi connectivity index (χ3v) is 5.78. The third-order valence-electron chi connectivity index (χ3n) is 4.97. The van der Waals surface area contributed by atoms with Crippen LogP contribution < -0.4 is 0 Å². The Kier molecular flexibility index (Phi) is 4.74. The van der Waals surface area contributed by atoms with Gasteiger partial charge in [0.05, 0.1) is 24.4 Å². The van der Waals surface area contributed by atoms with E-state index in [4.69, 9.17) is 4.74 Å². The van der Waals surface area contributed by atoms with Crippen LogP contribution in [0.3, 0.4) is 0 Å². The molecular weight excluding hydrogens is 338 g/mol. The predicted molar refractivity (Wildman–Crippen MR) is 93.3 cm³/mol. The van der Waals surface area contributed by atoms with Crippen LogP contribution in [0, 0.1) is 6.92 Å². The normalized spacial score (nSPS) is 24.1. The number of rotatable bonds is 3. The Bertz CT molecular complexity index is 738. The second-order valence-electron chi connectivity index (χ2n) is 6.53. The van der Waals surface area contributed by atoms with Crippen molar-refractivity contribution in [3.8, 4) is 0 Å². The number of hydrogen-bond donors (Lipinski definition) is 0. The first kappa shape index (κ1) is 16.6. The maximum Gasteiger partial charge on any atom is 0.267 e. The van der Waals surface area contributed by atoms with Crippen molar-refractivity contribution in [1.29, 1.82) is 0 Å². The molecule has 0 aliphatic carbocycles. The van der Waals surface area contributed by atoms with Crippen LogP contribution in [0.4, 0.5) is 0 Å². The number of likely N-dealkylation sites (tertiary alicyclic amines) is 1. The highest BCUT2D eigenvalue weighted by atomic mass is 32.1. The lowest BCUT2D eigenvalue weighted by molar-refractivity contribution is -0.101. The molecule has 2 fully saturated rings. The van der Waals surface area contributed by atoms with E-state index in [1.165, 1.54) is 17.1 Å². The van der Waals surface area contributed by atoms with Crippen molar-refractivity contribution < 1.29 is 9.53 Å². The average Bonchev–Trinajstić information content (AvgIpc) is 3.08. The second kappa shape index (κ2) is 7.15. The summed E-state index contributed by atoms with van der Waals surface area (Å²) in [6.07, 6.45) is 4.71. The van der Waals surface area contributed by atoms with E-state index in [1.54, 1.807) is 0 Å². The van der Waals surface area contributed by atoms with E-state index < -0.39 is 0 Å². The van der Waals surface area contributed by atoms with E-state index in [0.29, 0.717) is 17.1 Å². The lowest BCUT2D eigenvalue weighted by Gasteiger charge is -2.47. The highest BCUT2D eigenvalue weighted by molar-refractivity contribution is 7.07. The maximum atomic E-state index is 12.8. The molecule has 2 aromatic rings. The molecular formula is C17H21N5O2S. The van der Waals surface area contributed by atoms with Gasteiger partial charge in [0.2, 0.25) is 0 Å². The number of aryl methyl sites for hydroxylation is 1. The van der Waals surface area contributed by atoms with Gasteiger partial charge in [-0.25, -0.2) is 0 Å². The fraction of sp³-hybridized carbons (Fsp3) is 0.529. The van der Waals surface area contributed by atoms with Crippen LogP contribution in [0.15, 0.2) is 24.5 Å². The van der Waals surface area contributed by atoms with E-state index in [0.717, 1.165) is 32.7 Å². The van der Waals surface area contributed by atoms with Crippen molar-refractivity contribution in [3.05, 3.63) is 40.7 Å². The van der Waals surface area contributed by atoms with Gasteiger partial charge in [0, 0.05) is 38.6 Å². The molecule has 7 nitrogen and oxygen atoms in total. The molecule has 2 saturated heterocycles. The number of hydrogen-bond acceptors (Lipinski definition) is 7. The van der Waals surface area contributed by atoms with E-state index in [9.17, 15) is 4.79 Å². The number of carbonyl (C=O) groups is 1. The van der Waals surface area contributed by atoms with Gasteiger partial charge in [-0.15, -0.1) is 5.10 Å². The number of morpholine rings is 1. The first-order valence-corrected chi connectivity index (χ1v) is 9.32. The summed E-state index contributed by atoms with van der Waals surface area (Å²) in [5.41, 5.74) is 1.95. The zero-order valence-corrected chi connectivity index (χ0v) is 15.0. The van der Waals surface area contributed by atoms with Crippen molar-refractivity contribution >= 4 is 17.4 Å². The number of amides is 1. The number of piperidine rings is 1. The summed E-state index contributed by atoms with van der Waals surface area (Å²) in [5, 5.41) is 3.96. The van der Waals surface area contributed by atoms with Crippen LogP contribution >= 0.6 is 11.5 Å². The number of nitrogens with zero attached hydrogens (tertiary/aromatic N) is 5. The molecule has 1 amide bonds. The van der Waals surface area contributed by atoms with E-state index in [2.05, 4.69) is 19.5 Å². The predicted octanol–water partition coefficient (Wildman–Crippen LogP) is 1.36. The molecule has 0 N–H and O–H groups in total. The molecule has 0 saturated carbocycles. The number of ether oxygens (including phenoxy) is 1. The van der Waals surface area contributed by atoms with Gasteiger partial charge in [-0.05, 0) is 42.6 Å². The number of fused-ring (bicyclic) bond motifs is 1. The van der Waals surface area contributed by atoms with Gasteiger partial charge in [0.1, 0.15) is 4.88 Å². The smallest absolute Gasteiger partial charge is 0.267 e. The minimum absolute atomic E-state index is 0.0420. The quantitative estimate of drug-likeness (QED) is 0.824. The van der Waals surface area contributed by atoms with E-state index in [1.807, 2.05) is 36.4 Å². The molecule has 2 atom stereocenters.